The number of allylic oxidation sites excluding steroid dienone is 1. The van der Waals surface area contributed by atoms with Gasteiger partial charge >= 0.3 is 10.4 Å². The Morgan fingerprint density at radius 1 is 1.00 bits per heavy atom. The molecule has 0 fully saturated rings. The van der Waals surface area contributed by atoms with Gasteiger partial charge in [0.25, 0.3) is 0 Å². The summed E-state index contributed by atoms with van der Waals surface area (Å²) in [6.45, 7) is 0. The molecule has 0 aromatic heterocycles. The fourth-order valence-corrected chi connectivity index (χ4v) is 0.715. The lowest BCUT2D eigenvalue weighted by Gasteiger charge is -1.86. The average molecular weight is 264 g/mol. The van der Waals surface area contributed by atoms with Crippen molar-refractivity contribution in [2.24, 2.45) is 0 Å². The van der Waals surface area contributed by atoms with Crippen molar-refractivity contribution >= 4 is 22.8 Å². The van der Waals surface area contributed by atoms with Crippen molar-refractivity contribution in [3.63, 3.8) is 0 Å². The maximum Gasteiger partial charge on any atom is 0.394 e. The topological polar surface area (TPSA) is 162 Å². The molecule has 8 heteroatoms. The van der Waals surface area contributed by atoms with Crippen molar-refractivity contribution in [1.82, 2.24) is 12.3 Å². The molecule has 0 saturated carbocycles. The van der Waals surface area contributed by atoms with E-state index in [1.54, 1.807) is 6.08 Å². The summed E-state index contributed by atoms with van der Waals surface area (Å²) in [6.07, 6.45) is 4.02. The summed E-state index contributed by atoms with van der Waals surface area (Å²) in [6, 6.07) is 9.70. The molecule has 0 saturated heterocycles. The number of hydrogen-bond donors (Lipinski definition) is 4. The molecule has 7 nitrogen and oxygen atoms in total. The Morgan fingerprint density at radius 2 is 1.41 bits per heavy atom. The van der Waals surface area contributed by atoms with Crippen LogP contribution in [0.2, 0.25) is 0 Å². The first-order valence-corrected chi connectivity index (χ1v) is 5.20. The van der Waals surface area contributed by atoms with Crippen LogP contribution >= 0.6 is 0 Å². The lowest BCUT2D eigenvalue weighted by atomic mass is 10.2. The van der Waals surface area contributed by atoms with Gasteiger partial charge in [0.15, 0.2) is 0 Å². The molecule has 8 N–H and O–H groups in total. The normalized spacial score (nSPS) is 9.29. The van der Waals surface area contributed by atoms with Crippen LogP contribution in [0.3, 0.4) is 0 Å². The minimum atomic E-state index is -4.67. The summed E-state index contributed by atoms with van der Waals surface area (Å²) >= 11 is 0. The second-order valence-electron chi connectivity index (χ2n) is 2.35. The largest absolute Gasteiger partial charge is 0.394 e. The third-order valence-corrected chi connectivity index (χ3v) is 1.17. The summed E-state index contributed by atoms with van der Waals surface area (Å²) in [4.78, 5) is 9.89. The maximum atomic E-state index is 9.89. The van der Waals surface area contributed by atoms with Crippen molar-refractivity contribution in [3.8, 4) is 0 Å². The zero-order chi connectivity index (χ0) is 11.7. The van der Waals surface area contributed by atoms with Gasteiger partial charge in [-0.2, -0.15) is 8.42 Å². The first-order valence-electron chi connectivity index (χ1n) is 3.80. The molecule has 0 unspecified atom stereocenters. The Kier molecular flexibility index (Phi) is 13.4. The molecular weight excluding hydrogens is 248 g/mol. The molecule has 0 aliphatic heterocycles. The number of rotatable bonds is 2. The van der Waals surface area contributed by atoms with Gasteiger partial charge in [-0.15, -0.1) is 0 Å². The van der Waals surface area contributed by atoms with Crippen LogP contribution in [0.15, 0.2) is 36.4 Å². The van der Waals surface area contributed by atoms with Crippen molar-refractivity contribution in [3.05, 3.63) is 42.0 Å². The van der Waals surface area contributed by atoms with Gasteiger partial charge in [-0.1, -0.05) is 36.4 Å². The Hall–Kier alpha value is -1.58. The first-order chi connectivity index (χ1) is 6.93. The highest BCUT2D eigenvalue weighted by Crippen LogP contribution is 1.99. The molecule has 0 spiro atoms. The fraction of sp³-hybridized carbons (Fsp3) is 0. The van der Waals surface area contributed by atoms with E-state index in [2.05, 4.69) is 0 Å². The molecule has 0 heterocycles. The fourth-order valence-electron chi connectivity index (χ4n) is 0.715. The van der Waals surface area contributed by atoms with Crippen molar-refractivity contribution in [2.75, 3.05) is 0 Å². The SMILES string of the molecule is N.N.O=CC=Cc1ccccc1.O=S(=O)(O)O. The highest BCUT2D eigenvalue weighted by molar-refractivity contribution is 7.79. The molecule has 1 aromatic rings. The van der Waals surface area contributed by atoms with E-state index in [1.807, 2.05) is 30.3 Å². The minimum Gasteiger partial charge on any atom is -0.344 e. The molecule has 0 aliphatic carbocycles. The second-order valence-corrected chi connectivity index (χ2v) is 3.25. The standard InChI is InChI=1S/C9H8O.2H3N.H2O4S/c10-8-4-7-9-5-2-1-3-6-9;;;1-5(2,3)4/h1-8H;2*1H3;(H2,1,2,3,4). The molecule has 0 aliphatic rings. The van der Waals surface area contributed by atoms with E-state index in [0.29, 0.717) is 0 Å². The smallest absolute Gasteiger partial charge is 0.344 e. The second kappa shape index (κ2) is 10.9. The molecule has 1 rings (SSSR count). The van der Waals surface area contributed by atoms with Gasteiger partial charge in [-0.3, -0.25) is 13.9 Å². The number of carbonyl (C=O) groups excluding carboxylic acids is 1. The van der Waals surface area contributed by atoms with Crippen molar-refractivity contribution in [1.29, 1.82) is 0 Å². The van der Waals surface area contributed by atoms with Crippen molar-refractivity contribution < 1.29 is 22.3 Å². The molecule has 1 aromatic carbocycles. The number of hydrogen-bond acceptors (Lipinski definition) is 5. The molecule has 0 radical (unpaired) electrons. The number of benzene rings is 1. The summed E-state index contributed by atoms with van der Waals surface area (Å²) in [5, 5.41) is 0. The molecular formula is C9H16N2O5S. The lowest BCUT2D eigenvalue weighted by Crippen LogP contribution is -1.89. The average Bonchev–Trinajstić information content (AvgIpc) is 2.14. The molecule has 98 valence electrons. The van der Waals surface area contributed by atoms with Gasteiger partial charge in [0.2, 0.25) is 0 Å². The van der Waals surface area contributed by atoms with Crippen LogP contribution in [0.5, 0.6) is 0 Å². The zero-order valence-electron chi connectivity index (χ0n) is 9.06. The van der Waals surface area contributed by atoms with E-state index in [-0.39, 0.29) is 12.3 Å². The highest BCUT2D eigenvalue weighted by atomic mass is 32.3. The molecule has 0 amide bonds. The van der Waals surface area contributed by atoms with Gasteiger partial charge < -0.3 is 12.3 Å². The maximum absolute atomic E-state index is 9.89. The predicted octanol–water partition coefficient (Wildman–Crippen LogP) is 1.57. The van der Waals surface area contributed by atoms with E-state index < -0.39 is 10.4 Å². The third-order valence-electron chi connectivity index (χ3n) is 1.17. The van der Waals surface area contributed by atoms with Crippen LogP contribution in [0.4, 0.5) is 0 Å². The van der Waals surface area contributed by atoms with Gasteiger partial charge in [-0.25, -0.2) is 0 Å². The Labute approximate surface area is 99.9 Å². The number of aldehydes is 1. The first kappa shape index (κ1) is 20.8. The van der Waals surface area contributed by atoms with Crippen LogP contribution < -0.4 is 12.3 Å². The molecule has 0 bridgehead atoms. The predicted molar refractivity (Wildman–Crippen MR) is 65.8 cm³/mol. The van der Waals surface area contributed by atoms with E-state index in [9.17, 15) is 4.79 Å². The van der Waals surface area contributed by atoms with E-state index in [4.69, 9.17) is 17.5 Å². The van der Waals surface area contributed by atoms with Crippen LogP contribution in [-0.2, 0) is 15.2 Å². The Balaban J connectivity index is -0.000000247. The summed E-state index contributed by atoms with van der Waals surface area (Å²) < 4.78 is 31.6. The Bertz CT molecular complexity index is 408. The van der Waals surface area contributed by atoms with Crippen LogP contribution in [0, 0.1) is 0 Å². The summed E-state index contributed by atoms with van der Waals surface area (Å²) in [5.74, 6) is 0. The van der Waals surface area contributed by atoms with Crippen molar-refractivity contribution in [2.45, 2.75) is 0 Å². The van der Waals surface area contributed by atoms with E-state index >= 15 is 0 Å². The quantitative estimate of drug-likeness (QED) is 0.358. The monoisotopic (exact) mass is 264 g/mol. The number of carbonyl (C=O) groups is 1. The van der Waals surface area contributed by atoms with Crippen LogP contribution in [0.1, 0.15) is 5.56 Å². The van der Waals surface area contributed by atoms with Gasteiger partial charge in [0.05, 0.1) is 0 Å². The van der Waals surface area contributed by atoms with Crippen LogP contribution in [0.25, 0.3) is 6.08 Å². The Morgan fingerprint density at radius 3 is 1.76 bits per heavy atom. The minimum absolute atomic E-state index is 0. The molecule has 17 heavy (non-hydrogen) atoms. The zero-order valence-corrected chi connectivity index (χ0v) is 9.88. The summed E-state index contributed by atoms with van der Waals surface area (Å²) in [7, 11) is -4.67. The highest BCUT2D eigenvalue weighted by Gasteiger charge is 1.84. The van der Waals surface area contributed by atoms with Gasteiger partial charge in [0, 0.05) is 0 Å². The van der Waals surface area contributed by atoms with Gasteiger partial charge in [0.1, 0.15) is 6.29 Å². The summed E-state index contributed by atoms with van der Waals surface area (Å²) in [5.41, 5.74) is 1.05. The van der Waals surface area contributed by atoms with E-state index in [1.165, 1.54) is 6.08 Å². The van der Waals surface area contributed by atoms with Crippen LogP contribution in [-0.4, -0.2) is 23.8 Å². The molecule has 0 atom stereocenters. The van der Waals surface area contributed by atoms with Gasteiger partial charge in [-0.05, 0) is 11.6 Å². The van der Waals surface area contributed by atoms with E-state index in [0.717, 1.165) is 11.8 Å². The third kappa shape index (κ3) is 20.5. The lowest BCUT2D eigenvalue weighted by molar-refractivity contribution is -0.104.